The molecule has 0 unspecified atom stereocenters. The second kappa shape index (κ2) is 8.34. The molecular formula is C24H26N2O2. The zero-order chi connectivity index (χ0) is 19.3. The molecule has 0 radical (unpaired) electrons. The van der Waals surface area contributed by atoms with Gasteiger partial charge in [-0.05, 0) is 35.4 Å². The van der Waals surface area contributed by atoms with Crippen molar-refractivity contribution in [2.24, 2.45) is 0 Å². The van der Waals surface area contributed by atoms with Gasteiger partial charge in [0.2, 0.25) is 5.91 Å². The maximum Gasteiger partial charge on any atom is 0.227 e. The lowest BCUT2D eigenvalue weighted by molar-refractivity contribution is -0.130. The van der Waals surface area contributed by atoms with Crippen molar-refractivity contribution in [1.29, 1.82) is 0 Å². The van der Waals surface area contributed by atoms with Crippen LogP contribution in [0, 0.1) is 0 Å². The van der Waals surface area contributed by atoms with E-state index in [0.717, 1.165) is 43.2 Å². The summed E-state index contributed by atoms with van der Waals surface area (Å²) in [4.78, 5) is 17.2. The second-order valence-electron chi connectivity index (χ2n) is 7.08. The summed E-state index contributed by atoms with van der Waals surface area (Å²) < 4.78 is 5.76. The minimum Gasteiger partial charge on any atom is -0.492 e. The van der Waals surface area contributed by atoms with E-state index in [-0.39, 0.29) is 5.91 Å². The Morgan fingerprint density at radius 2 is 1.61 bits per heavy atom. The van der Waals surface area contributed by atoms with E-state index in [1.165, 1.54) is 10.8 Å². The fourth-order valence-electron chi connectivity index (χ4n) is 3.91. The molecule has 28 heavy (non-hydrogen) atoms. The van der Waals surface area contributed by atoms with Crippen molar-refractivity contribution < 1.29 is 9.53 Å². The first-order valence-corrected chi connectivity index (χ1v) is 9.97. The molecule has 1 amide bonds. The average molecular weight is 374 g/mol. The number of nitrogens with zero attached hydrogens (tertiary/aromatic N) is 2. The summed E-state index contributed by atoms with van der Waals surface area (Å²) in [5.74, 6) is 1.12. The van der Waals surface area contributed by atoms with E-state index in [9.17, 15) is 4.79 Å². The van der Waals surface area contributed by atoms with E-state index in [1.54, 1.807) is 0 Å². The molecule has 0 saturated carbocycles. The number of ether oxygens (including phenoxy) is 1. The van der Waals surface area contributed by atoms with Gasteiger partial charge in [0.15, 0.2) is 0 Å². The molecule has 1 saturated heterocycles. The van der Waals surface area contributed by atoms with Crippen LogP contribution in [-0.2, 0) is 11.2 Å². The SMILES string of the molecule is CCOc1ccccc1N1CCN(C(=O)Cc2cccc3ccccc23)CC1. The highest BCUT2D eigenvalue weighted by molar-refractivity contribution is 5.90. The molecule has 3 aromatic carbocycles. The van der Waals surface area contributed by atoms with Gasteiger partial charge in [-0.2, -0.15) is 0 Å². The number of carbonyl (C=O) groups is 1. The summed E-state index contributed by atoms with van der Waals surface area (Å²) in [5.41, 5.74) is 2.22. The lowest BCUT2D eigenvalue weighted by atomic mass is 10.0. The van der Waals surface area contributed by atoms with Crippen molar-refractivity contribution in [1.82, 2.24) is 4.90 Å². The third-order valence-corrected chi connectivity index (χ3v) is 5.36. The number of fused-ring (bicyclic) bond motifs is 1. The highest BCUT2D eigenvalue weighted by Crippen LogP contribution is 2.29. The standard InChI is InChI=1S/C24H26N2O2/c1-2-28-23-13-6-5-12-22(23)25-14-16-26(17-15-25)24(27)18-20-10-7-9-19-8-3-4-11-21(19)20/h3-13H,2,14-18H2,1H3. The van der Waals surface area contributed by atoms with Crippen molar-refractivity contribution in [2.75, 3.05) is 37.7 Å². The Balaban J connectivity index is 1.42. The third-order valence-electron chi connectivity index (χ3n) is 5.36. The number of para-hydroxylation sites is 2. The molecule has 144 valence electrons. The number of benzene rings is 3. The van der Waals surface area contributed by atoms with Gasteiger partial charge in [-0.3, -0.25) is 4.79 Å². The highest BCUT2D eigenvalue weighted by atomic mass is 16.5. The number of anilines is 1. The number of amides is 1. The summed E-state index contributed by atoms with van der Waals surface area (Å²) in [6.45, 7) is 5.78. The van der Waals surface area contributed by atoms with Crippen LogP contribution in [-0.4, -0.2) is 43.6 Å². The third kappa shape index (κ3) is 3.81. The van der Waals surface area contributed by atoms with Crippen molar-refractivity contribution in [3.8, 4) is 5.75 Å². The van der Waals surface area contributed by atoms with E-state index in [4.69, 9.17) is 4.74 Å². The van der Waals surface area contributed by atoms with Crippen LogP contribution in [0.5, 0.6) is 5.75 Å². The van der Waals surface area contributed by atoms with Crippen molar-refractivity contribution in [2.45, 2.75) is 13.3 Å². The summed E-state index contributed by atoms with van der Waals surface area (Å²) in [5, 5.41) is 2.35. The van der Waals surface area contributed by atoms with Crippen LogP contribution >= 0.6 is 0 Å². The smallest absolute Gasteiger partial charge is 0.227 e. The molecular weight excluding hydrogens is 348 g/mol. The van der Waals surface area contributed by atoms with Crippen molar-refractivity contribution in [3.05, 3.63) is 72.3 Å². The first-order chi connectivity index (χ1) is 13.8. The van der Waals surface area contributed by atoms with Crippen LogP contribution in [0.4, 0.5) is 5.69 Å². The molecule has 1 aliphatic heterocycles. The molecule has 0 spiro atoms. The van der Waals surface area contributed by atoms with Crippen molar-refractivity contribution in [3.63, 3.8) is 0 Å². The molecule has 3 aromatic rings. The van der Waals surface area contributed by atoms with Gasteiger partial charge < -0.3 is 14.5 Å². The Labute approximate surface area is 166 Å². The Morgan fingerprint density at radius 1 is 0.893 bits per heavy atom. The van der Waals surface area contributed by atoms with E-state index in [2.05, 4.69) is 35.2 Å². The minimum atomic E-state index is 0.203. The normalized spacial score (nSPS) is 14.3. The highest BCUT2D eigenvalue weighted by Gasteiger charge is 2.23. The van der Waals surface area contributed by atoms with Gasteiger partial charge in [-0.15, -0.1) is 0 Å². The largest absolute Gasteiger partial charge is 0.492 e. The van der Waals surface area contributed by atoms with Crippen LogP contribution in [0.1, 0.15) is 12.5 Å². The van der Waals surface area contributed by atoms with Crippen LogP contribution in [0.15, 0.2) is 66.7 Å². The van der Waals surface area contributed by atoms with Gasteiger partial charge >= 0.3 is 0 Å². The van der Waals surface area contributed by atoms with E-state index >= 15 is 0 Å². The Bertz CT molecular complexity index is 956. The minimum absolute atomic E-state index is 0.203. The number of piperazine rings is 1. The van der Waals surface area contributed by atoms with Gasteiger partial charge in [0, 0.05) is 26.2 Å². The summed E-state index contributed by atoms with van der Waals surface area (Å²) in [7, 11) is 0. The molecule has 0 N–H and O–H groups in total. The number of rotatable bonds is 5. The van der Waals surface area contributed by atoms with Crippen LogP contribution in [0.25, 0.3) is 10.8 Å². The van der Waals surface area contributed by atoms with Crippen LogP contribution in [0.2, 0.25) is 0 Å². The summed E-state index contributed by atoms with van der Waals surface area (Å²) in [6, 6.07) is 22.6. The summed E-state index contributed by atoms with van der Waals surface area (Å²) >= 11 is 0. The quantitative estimate of drug-likeness (QED) is 0.673. The lowest BCUT2D eigenvalue weighted by Crippen LogP contribution is -2.49. The second-order valence-corrected chi connectivity index (χ2v) is 7.08. The van der Waals surface area contributed by atoms with E-state index in [1.807, 2.05) is 48.2 Å². The van der Waals surface area contributed by atoms with Gasteiger partial charge in [-0.1, -0.05) is 54.6 Å². The Kier molecular flexibility index (Phi) is 5.47. The van der Waals surface area contributed by atoms with Gasteiger partial charge in [0.05, 0.1) is 18.7 Å². The molecule has 0 aromatic heterocycles. The van der Waals surface area contributed by atoms with Crippen molar-refractivity contribution >= 4 is 22.4 Å². The number of hydrogen-bond acceptors (Lipinski definition) is 3. The first-order valence-electron chi connectivity index (χ1n) is 9.97. The zero-order valence-electron chi connectivity index (χ0n) is 16.3. The molecule has 0 atom stereocenters. The fraction of sp³-hybridized carbons (Fsp3) is 0.292. The maximum absolute atomic E-state index is 12.9. The molecule has 1 heterocycles. The van der Waals surface area contributed by atoms with Crippen LogP contribution in [0.3, 0.4) is 0 Å². The molecule has 0 aliphatic carbocycles. The molecule has 1 aliphatic rings. The van der Waals surface area contributed by atoms with Gasteiger partial charge in [0.25, 0.3) is 0 Å². The predicted octanol–water partition coefficient (Wildman–Crippen LogP) is 4.13. The van der Waals surface area contributed by atoms with E-state index < -0.39 is 0 Å². The molecule has 4 heteroatoms. The number of carbonyl (C=O) groups excluding carboxylic acids is 1. The Hall–Kier alpha value is -3.01. The zero-order valence-corrected chi connectivity index (χ0v) is 16.3. The summed E-state index contributed by atoms with van der Waals surface area (Å²) in [6.07, 6.45) is 0.455. The first kappa shape index (κ1) is 18.4. The van der Waals surface area contributed by atoms with Gasteiger partial charge in [-0.25, -0.2) is 0 Å². The fourth-order valence-corrected chi connectivity index (χ4v) is 3.91. The Morgan fingerprint density at radius 3 is 2.43 bits per heavy atom. The lowest BCUT2D eigenvalue weighted by Gasteiger charge is -2.36. The maximum atomic E-state index is 12.9. The molecule has 4 nitrogen and oxygen atoms in total. The number of hydrogen-bond donors (Lipinski definition) is 0. The monoisotopic (exact) mass is 374 g/mol. The average Bonchev–Trinajstić information content (AvgIpc) is 2.75. The molecule has 4 rings (SSSR count). The van der Waals surface area contributed by atoms with Gasteiger partial charge in [0.1, 0.15) is 5.75 Å². The van der Waals surface area contributed by atoms with Crippen LogP contribution < -0.4 is 9.64 Å². The molecule has 1 fully saturated rings. The van der Waals surface area contributed by atoms with E-state index in [0.29, 0.717) is 13.0 Å². The topological polar surface area (TPSA) is 32.8 Å². The predicted molar refractivity (Wildman–Crippen MR) is 114 cm³/mol. The molecule has 0 bridgehead atoms.